The maximum absolute atomic E-state index is 12.2. The topological polar surface area (TPSA) is 50.4 Å². The quantitative estimate of drug-likeness (QED) is 0.884. The van der Waals surface area contributed by atoms with Gasteiger partial charge in [0.25, 0.3) is 0 Å². The van der Waals surface area contributed by atoms with Gasteiger partial charge in [-0.1, -0.05) is 28.1 Å². The summed E-state index contributed by atoms with van der Waals surface area (Å²) in [5, 5.41) is 6.39. The van der Waals surface area contributed by atoms with Crippen LogP contribution in [0.2, 0.25) is 0 Å². The van der Waals surface area contributed by atoms with Gasteiger partial charge in [-0.3, -0.25) is 4.79 Å². The van der Waals surface area contributed by atoms with Gasteiger partial charge in [0.05, 0.1) is 12.1 Å². The molecule has 108 valence electrons. The van der Waals surface area contributed by atoms with Crippen molar-refractivity contribution in [3.05, 3.63) is 33.8 Å². The maximum atomic E-state index is 12.2. The molecule has 1 aromatic rings. The maximum Gasteiger partial charge on any atom is 0.237 e. The first kappa shape index (κ1) is 14.0. The molecule has 0 radical (unpaired) electrons. The standard InChI is InChI=1S/C15H19BrN2O2/c1-9-10(3-2-4-11(9)16)8-17-15(19)13-7-14-12(18-13)5-6-20-14/h2-4,12-14,18H,5-8H2,1H3,(H,17,19)/t12-,13-,14-/m0/s1. The van der Waals surface area contributed by atoms with Crippen LogP contribution in [0.5, 0.6) is 0 Å². The highest BCUT2D eigenvalue weighted by atomic mass is 79.9. The van der Waals surface area contributed by atoms with Gasteiger partial charge in [-0.2, -0.15) is 0 Å². The molecule has 20 heavy (non-hydrogen) atoms. The van der Waals surface area contributed by atoms with Gasteiger partial charge >= 0.3 is 0 Å². The van der Waals surface area contributed by atoms with E-state index in [2.05, 4.69) is 33.5 Å². The van der Waals surface area contributed by atoms with Crippen LogP contribution in [-0.2, 0) is 16.1 Å². The second kappa shape index (κ2) is 5.84. The van der Waals surface area contributed by atoms with Crippen LogP contribution in [0.3, 0.4) is 0 Å². The summed E-state index contributed by atoms with van der Waals surface area (Å²) in [6.45, 7) is 3.43. The van der Waals surface area contributed by atoms with Crippen molar-refractivity contribution < 1.29 is 9.53 Å². The fraction of sp³-hybridized carbons (Fsp3) is 0.533. The van der Waals surface area contributed by atoms with Crippen molar-refractivity contribution in [3.8, 4) is 0 Å². The Kier molecular flexibility index (Phi) is 4.10. The van der Waals surface area contributed by atoms with Crippen molar-refractivity contribution in [2.75, 3.05) is 6.61 Å². The van der Waals surface area contributed by atoms with Gasteiger partial charge in [0.1, 0.15) is 0 Å². The van der Waals surface area contributed by atoms with Crippen LogP contribution in [0.15, 0.2) is 22.7 Å². The summed E-state index contributed by atoms with van der Waals surface area (Å²) in [6, 6.07) is 6.29. The molecule has 2 aliphatic heterocycles. The summed E-state index contributed by atoms with van der Waals surface area (Å²) in [5.74, 6) is 0.0716. The molecular formula is C15H19BrN2O2. The molecule has 1 amide bonds. The Bertz CT molecular complexity index is 509. The van der Waals surface area contributed by atoms with E-state index in [1.807, 2.05) is 18.2 Å². The van der Waals surface area contributed by atoms with Crippen molar-refractivity contribution in [1.29, 1.82) is 0 Å². The third-order valence-corrected chi connectivity index (χ3v) is 5.10. The minimum absolute atomic E-state index is 0.0716. The molecule has 3 rings (SSSR count). The first-order valence-corrected chi connectivity index (χ1v) is 7.84. The number of fused-ring (bicyclic) bond motifs is 1. The Hall–Kier alpha value is -0.910. The zero-order chi connectivity index (χ0) is 14.1. The molecule has 2 fully saturated rings. The zero-order valence-electron chi connectivity index (χ0n) is 11.5. The Morgan fingerprint density at radius 2 is 2.40 bits per heavy atom. The second-order valence-electron chi connectivity index (χ2n) is 5.50. The summed E-state index contributed by atoms with van der Waals surface area (Å²) in [6.07, 6.45) is 2.02. The molecule has 1 aromatic carbocycles. The number of halogens is 1. The molecular weight excluding hydrogens is 320 g/mol. The van der Waals surface area contributed by atoms with Crippen LogP contribution in [0.4, 0.5) is 0 Å². The molecule has 2 aliphatic rings. The highest BCUT2D eigenvalue weighted by Gasteiger charge is 2.40. The van der Waals surface area contributed by atoms with E-state index in [1.165, 1.54) is 5.56 Å². The van der Waals surface area contributed by atoms with Crippen molar-refractivity contribution >= 4 is 21.8 Å². The Morgan fingerprint density at radius 3 is 3.20 bits per heavy atom. The molecule has 0 aliphatic carbocycles. The fourth-order valence-electron chi connectivity index (χ4n) is 2.96. The van der Waals surface area contributed by atoms with E-state index >= 15 is 0 Å². The third kappa shape index (κ3) is 2.75. The van der Waals surface area contributed by atoms with E-state index in [0.717, 1.165) is 29.5 Å². The lowest BCUT2D eigenvalue weighted by Gasteiger charge is -2.14. The van der Waals surface area contributed by atoms with Crippen molar-refractivity contribution in [3.63, 3.8) is 0 Å². The number of hydrogen-bond acceptors (Lipinski definition) is 3. The van der Waals surface area contributed by atoms with Crippen molar-refractivity contribution in [2.45, 2.75) is 44.5 Å². The number of carbonyl (C=O) groups is 1. The molecule has 0 unspecified atom stereocenters. The fourth-order valence-corrected chi connectivity index (χ4v) is 3.37. The van der Waals surface area contributed by atoms with Gasteiger partial charge in [0, 0.05) is 23.7 Å². The lowest BCUT2D eigenvalue weighted by atomic mass is 10.1. The molecule has 2 heterocycles. The van der Waals surface area contributed by atoms with Gasteiger partial charge in [0.15, 0.2) is 0 Å². The first-order valence-electron chi connectivity index (χ1n) is 7.04. The Balaban J connectivity index is 1.56. The molecule has 2 N–H and O–H groups in total. The van der Waals surface area contributed by atoms with Crippen molar-refractivity contribution in [1.82, 2.24) is 10.6 Å². The summed E-state index contributed by atoms with van der Waals surface area (Å²) in [7, 11) is 0. The average Bonchev–Trinajstić information content (AvgIpc) is 3.01. The van der Waals surface area contributed by atoms with Crippen LogP contribution in [0.25, 0.3) is 0 Å². The molecule has 0 spiro atoms. The minimum atomic E-state index is -0.113. The van der Waals surface area contributed by atoms with E-state index in [0.29, 0.717) is 12.6 Å². The summed E-state index contributed by atoms with van der Waals surface area (Å²) in [4.78, 5) is 12.2. The largest absolute Gasteiger partial charge is 0.376 e. The predicted octanol–water partition coefficient (Wildman–Crippen LogP) is 1.89. The Labute approximate surface area is 127 Å². The summed E-state index contributed by atoms with van der Waals surface area (Å²) < 4.78 is 6.68. The summed E-state index contributed by atoms with van der Waals surface area (Å²) >= 11 is 3.51. The van der Waals surface area contributed by atoms with E-state index in [-0.39, 0.29) is 18.1 Å². The predicted molar refractivity (Wildman–Crippen MR) is 80.4 cm³/mol. The van der Waals surface area contributed by atoms with E-state index < -0.39 is 0 Å². The number of amides is 1. The normalized spacial score (nSPS) is 28.4. The number of nitrogens with one attached hydrogen (secondary N) is 2. The lowest BCUT2D eigenvalue weighted by Crippen LogP contribution is -2.42. The van der Waals surface area contributed by atoms with Crippen LogP contribution >= 0.6 is 15.9 Å². The minimum Gasteiger partial charge on any atom is -0.376 e. The van der Waals surface area contributed by atoms with Crippen molar-refractivity contribution in [2.24, 2.45) is 0 Å². The Morgan fingerprint density at radius 1 is 1.55 bits per heavy atom. The third-order valence-electron chi connectivity index (χ3n) is 4.24. The summed E-state index contributed by atoms with van der Waals surface area (Å²) in [5.41, 5.74) is 2.31. The zero-order valence-corrected chi connectivity index (χ0v) is 13.1. The number of rotatable bonds is 3. The number of benzene rings is 1. The molecule has 5 heteroatoms. The average molecular weight is 339 g/mol. The monoisotopic (exact) mass is 338 g/mol. The highest BCUT2D eigenvalue weighted by molar-refractivity contribution is 9.10. The van der Waals surface area contributed by atoms with Gasteiger partial charge in [0.2, 0.25) is 5.91 Å². The van der Waals surface area contributed by atoms with Gasteiger partial charge < -0.3 is 15.4 Å². The van der Waals surface area contributed by atoms with Gasteiger partial charge in [-0.05, 0) is 37.0 Å². The van der Waals surface area contributed by atoms with E-state index in [4.69, 9.17) is 4.74 Å². The highest BCUT2D eigenvalue weighted by Crippen LogP contribution is 2.25. The molecule has 3 atom stereocenters. The van der Waals surface area contributed by atoms with Crippen LogP contribution in [-0.4, -0.2) is 30.7 Å². The van der Waals surface area contributed by atoms with E-state index in [1.54, 1.807) is 0 Å². The number of carbonyl (C=O) groups excluding carboxylic acids is 1. The smallest absolute Gasteiger partial charge is 0.237 e. The molecule has 2 saturated heterocycles. The molecule has 4 nitrogen and oxygen atoms in total. The second-order valence-corrected chi connectivity index (χ2v) is 6.36. The van der Waals surface area contributed by atoms with Gasteiger partial charge in [-0.15, -0.1) is 0 Å². The molecule has 0 saturated carbocycles. The number of hydrogen-bond donors (Lipinski definition) is 2. The van der Waals surface area contributed by atoms with E-state index in [9.17, 15) is 4.79 Å². The van der Waals surface area contributed by atoms with Crippen LogP contribution in [0.1, 0.15) is 24.0 Å². The number of ether oxygens (including phenoxy) is 1. The first-order chi connectivity index (χ1) is 9.65. The molecule has 0 bridgehead atoms. The van der Waals surface area contributed by atoms with Crippen LogP contribution in [0, 0.1) is 6.92 Å². The molecule has 0 aromatic heterocycles. The van der Waals surface area contributed by atoms with Crippen LogP contribution < -0.4 is 10.6 Å². The lowest BCUT2D eigenvalue weighted by molar-refractivity contribution is -0.123. The SMILES string of the molecule is Cc1c(Br)cccc1CNC(=O)[C@@H]1C[C@@H]2OCC[C@@H]2N1. The van der Waals surface area contributed by atoms with Gasteiger partial charge in [-0.25, -0.2) is 0 Å².